The summed E-state index contributed by atoms with van der Waals surface area (Å²) < 4.78 is 6.35. The highest BCUT2D eigenvalue weighted by Gasteiger charge is 2.10. The zero-order valence-corrected chi connectivity index (χ0v) is 11.8. The lowest BCUT2D eigenvalue weighted by molar-refractivity contribution is 0.419. The quantitative estimate of drug-likeness (QED) is 0.939. The van der Waals surface area contributed by atoms with Crippen molar-refractivity contribution in [2.75, 3.05) is 19.5 Å². The van der Waals surface area contributed by atoms with E-state index in [9.17, 15) is 0 Å². The van der Waals surface area contributed by atoms with Crippen LogP contribution in [0.1, 0.15) is 12.5 Å². The molecule has 2 aromatic rings. The van der Waals surface area contributed by atoms with Gasteiger partial charge in [-0.1, -0.05) is 6.92 Å². The Balaban J connectivity index is 2.80. The van der Waals surface area contributed by atoms with Gasteiger partial charge < -0.3 is 10.1 Å². The second-order valence-electron chi connectivity index (χ2n) is 3.75. The predicted octanol–water partition coefficient (Wildman–Crippen LogP) is 3.61. The van der Waals surface area contributed by atoms with Crippen molar-refractivity contribution >= 4 is 32.7 Å². The normalized spacial score (nSPS) is 10.6. The molecule has 0 fully saturated rings. The van der Waals surface area contributed by atoms with E-state index in [-0.39, 0.29) is 0 Å². The Kier molecular flexibility index (Phi) is 3.52. The summed E-state index contributed by atoms with van der Waals surface area (Å²) in [6.45, 7) is 2.12. The van der Waals surface area contributed by atoms with Gasteiger partial charge in [0.1, 0.15) is 11.6 Å². The minimum absolute atomic E-state index is 0.855. The molecule has 0 saturated heterocycles. The zero-order chi connectivity index (χ0) is 12.4. The number of halogens is 1. The van der Waals surface area contributed by atoms with E-state index in [1.54, 1.807) is 7.11 Å². The van der Waals surface area contributed by atoms with Gasteiger partial charge in [0, 0.05) is 16.9 Å². The number of hydrogen-bond acceptors (Lipinski definition) is 3. The van der Waals surface area contributed by atoms with Crippen molar-refractivity contribution in [1.29, 1.82) is 0 Å². The van der Waals surface area contributed by atoms with Crippen LogP contribution in [0.5, 0.6) is 5.75 Å². The van der Waals surface area contributed by atoms with E-state index >= 15 is 0 Å². The molecule has 0 aliphatic carbocycles. The van der Waals surface area contributed by atoms with Crippen molar-refractivity contribution in [3.63, 3.8) is 0 Å². The van der Waals surface area contributed by atoms with Crippen molar-refractivity contribution in [2.45, 2.75) is 13.3 Å². The number of benzene rings is 1. The van der Waals surface area contributed by atoms with Crippen LogP contribution >= 0.6 is 15.9 Å². The summed E-state index contributed by atoms with van der Waals surface area (Å²) in [5.74, 6) is 1.78. The molecule has 3 nitrogen and oxygen atoms in total. The van der Waals surface area contributed by atoms with Crippen LogP contribution in [0.4, 0.5) is 5.82 Å². The third-order valence-electron chi connectivity index (χ3n) is 2.81. The average molecular weight is 295 g/mol. The Morgan fingerprint density at radius 2 is 2.18 bits per heavy atom. The van der Waals surface area contributed by atoms with E-state index in [0.717, 1.165) is 33.4 Å². The van der Waals surface area contributed by atoms with Crippen LogP contribution in [0.25, 0.3) is 10.9 Å². The van der Waals surface area contributed by atoms with Crippen LogP contribution in [-0.4, -0.2) is 19.1 Å². The number of methoxy groups -OCH3 is 1. The van der Waals surface area contributed by atoms with Crippen LogP contribution in [0.2, 0.25) is 0 Å². The van der Waals surface area contributed by atoms with Crippen LogP contribution in [-0.2, 0) is 6.42 Å². The van der Waals surface area contributed by atoms with Gasteiger partial charge in [-0.2, -0.15) is 0 Å². The highest BCUT2D eigenvalue weighted by molar-refractivity contribution is 9.10. The van der Waals surface area contributed by atoms with Crippen molar-refractivity contribution in [3.8, 4) is 5.75 Å². The standard InChI is InChI=1S/C13H15BrN2O/c1-4-8-7-9-11(17-3)6-5-10(14)12(9)16-13(8)15-2/h5-7H,4H2,1-3H3,(H,15,16). The molecular formula is C13H15BrN2O. The second-order valence-corrected chi connectivity index (χ2v) is 4.60. The molecule has 0 bridgehead atoms. The second kappa shape index (κ2) is 4.92. The number of aryl methyl sites for hydroxylation is 1. The minimum Gasteiger partial charge on any atom is -0.496 e. The molecule has 1 N–H and O–H groups in total. The summed E-state index contributed by atoms with van der Waals surface area (Å²) in [4.78, 5) is 4.63. The maximum absolute atomic E-state index is 5.37. The number of pyridine rings is 1. The molecule has 0 unspecified atom stereocenters. The number of nitrogens with one attached hydrogen (secondary N) is 1. The fraction of sp³-hybridized carbons (Fsp3) is 0.308. The van der Waals surface area contributed by atoms with Gasteiger partial charge >= 0.3 is 0 Å². The van der Waals surface area contributed by atoms with E-state index in [2.05, 4.69) is 39.2 Å². The number of fused-ring (bicyclic) bond motifs is 1. The number of ether oxygens (including phenoxy) is 1. The van der Waals surface area contributed by atoms with Crippen molar-refractivity contribution in [2.24, 2.45) is 0 Å². The number of hydrogen-bond donors (Lipinski definition) is 1. The minimum atomic E-state index is 0.855. The first-order valence-electron chi connectivity index (χ1n) is 5.55. The first-order valence-corrected chi connectivity index (χ1v) is 6.34. The average Bonchev–Trinajstić information content (AvgIpc) is 2.38. The van der Waals surface area contributed by atoms with Crippen molar-refractivity contribution < 1.29 is 4.74 Å². The van der Waals surface area contributed by atoms with Crippen LogP contribution in [0.3, 0.4) is 0 Å². The SMILES string of the molecule is CCc1cc2c(OC)ccc(Br)c2nc1NC. The van der Waals surface area contributed by atoms with Gasteiger partial charge in [-0.25, -0.2) is 4.98 Å². The molecule has 0 aliphatic heterocycles. The molecule has 0 radical (unpaired) electrons. The van der Waals surface area contributed by atoms with Crippen molar-refractivity contribution in [3.05, 3.63) is 28.2 Å². The van der Waals surface area contributed by atoms with Crippen LogP contribution in [0.15, 0.2) is 22.7 Å². The zero-order valence-electron chi connectivity index (χ0n) is 10.2. The van der Waals surface area contributed by atoms with Gasteiger partial charge in [0.2, 0.25) is 0 Å². The molecular weight excluding hydrogens is 280 g/mol. The summed E-state index contributed by atoms with van der Waals surface area (Å²) >= 11 is 3.52. The van der Waals surface area contributed by atoms with E-state index in [1.165, 1.54) is 5.56 Å². The van der Waals surface area contributed by atoms with Gasteiger partial charge in [-0.05, 0) is 46.1 Å². The topological polar surface area (TPSA) is 34.1 Å². The molecule has 0 spiro atoms. The number of aromatic nitrogens is 1. The third-order valence-corrected chi connectivity index (χ3v) is 3.45. The highest BCUT2D eigenvalue weighted by Crippen LogP contribution is 2.33. The number of nitrogens with zero attached hydrogens (tertiary/aromatic N) is 1. The number of rotatable bonds is 3. The maximum Gasteiger partial charge on any atom is 0.129 e. The summed E-state index contributed by atoms with van der Waals surface area (Å²) in [6.07, 6.45) is 0.939. The van der Waals surface area contributed by atoms with Crippen LogP contribution in [0, 0.1) is 0 Å². The van der Waals surface area contributed by atoms with Gasteiger partial charge in [-0.3, -0.25) is 0 Å². The molecule has 17 heavy (non-hydrogen) atoms. The fourth-order valence-corrected chi connectivity index (χ4v) is 2.34. The summed E-state index contributed by atoms with van der Waals surface area (Å²) in [6, 6.07) is 6.05. The smallest absolute Gasteiger partial charge is 0.129 e. The molecule has 0 atom stereocenters. The third kappa shape index (κ3) is 2.09. The Bertz CT molecular complexity index is 555. The van der Waals surface area contributed by atoms with E-state index in [0.29, 0.717) is 0 Å². The van der Waals surface area contributed by atoms with E-state index < -0.39 is 0 Å². The fourth-order valence-electron chi connectivity index (χ4n) is 1.91. The van der Waals surface area contributed by atoms with E-state index in [4.69, 9.17) is 4.74 Å². The first kappa shape index (κ1) is 12.2. The molecule has 0 saturated carbocycles. The Hall–Kier alpha value is -1.29. The summed E-state index contributed by atoms with van der Waals surface area (Å²) in [5, 5.41) is 4.17. The molecule has 1 aromatic heterocycles. The van der Waals surface area contributed by atoms with Gasteiger partial charge in [0.15, 0.2) is 0 Å². The summed E-state index contributed by atoms with van der Waals surface area (Å²) in [7, 11) is 3.57. The van der Waals surface area contributed by atoms with Gasteiger partial charge in [0.25, 0.3) is 0 Å². The molecule has 4 heteroatoms. The van der Waals surface area contributed by atoms with Crippen LogP contribution < -0.4 is 10.1 Å². The highest BCUT2D eigenvalue weighted by atomic mass is 79.9. The molecule has 90 valence electrons. The lowest BCUT2D eigenvalue weighted by Crippen LogP contribution is -1.99. The molecule has 2 rings (SSSR count). The molecule has 1 heterocycles. The molecule has 0 amide bonds. The largest absolute Gasteiger partial charge is 0.496 e. The Labute approximate surface area is 109 Å². The van der Waals surface area contributed by atoms with Gasteiger partial charge in [-0.15, -0.1) is 0 Å². The first-order chi connectivity index (χ1) is 8.21. The van der Waals surface area contributed by atoms with Crippen molar-refractivity contribution in [1.82, 2.24) is 4.98 Å². The Morgan fingerprint density at radius 3 is 2.76 bits per heavy atom. The molecule has 1 aromatic carbocycles. The monoisotopic (exact) mass is 294 g/mol. The Morgan fingerprint density at radius 1 is 1.41 bits per heavy atom. The van der Waals surface area contributed by atoms with Gasteiger partial charge in [0.05, 0.1) is 12.6 Å². The number of anilines is 1. The predicted molar refractivity (Wildman–Crippen MR) is 74.9 cm³/mol. The lowest BCUT2D eigenvalue weighted by Gasteiger charge is -2.12. The lowest BCUT2D eigenvalue weighted by atomic mass is 10.1. The maximum atomic E-state index is 5.37. The van der Waals surface area contributed by atoms with E-state index in [1.807, 2.05) is 19.2 Å². The summed E-state index contributed by atoms with van der Waals surface area (Å²) in [5.41, 5.74) is 2.11. The molecule has 0 aliphatic rings.